The fourth-order valence-corrected chi connectivity index (χ4v) is 3.04. The van der Waals surface area contributed by atoms with Crippen LogP contribution in [0.15, 0.2) is 36.4 Å². The summed E-state index contributed by atoms with van der Waals surface area (Å²) in [5.74, 6) is 0.569. The highest BCUT2D eigenvalue weighted by Gasteiger charge is 2.13. The van der Waals surface area contributed by atoms with Gasteiger partial charge in [0.25, 0.3) is 0 Å². The minimum absolute atomic E-state index is 0.321. The second-order valence-corrected chi connectivity index (χ2v) is 6.09. The maximum atomic E-state index is 5.83. The van der Waals surface area contributed by atoms with E-state index in [1.165, 1.54) is 36.0 Å². The highest BCUT2D eigenvalue weighted by Crippen LogP contribution is 2.25. The van der Waals surface area contributed by atoms with Crippen molar-refractivity contribution in [2.24, 2.45) is 0 Å². The third-order valence-electron chi connectivity index (χ3n) is 4.11. The predicted molar refractivity (Wildman–Crippen MR) is 89.6 cm³/mol. The molecule has 0 aliphatic heterocycles. The highest BCUT2D eigenvalue weighted by atomic mass is 35.5. The van der Waals surface area contributed by atoms with Gasteiger partial charge in [-0.25, -0.2) is 4.98 Å². The van der Waals surface area contributed by atoms with Gasteiger partial charge in [0.05, 0.1) is 0 Å². The zero-order valence-electron chi connectivity index (χ0n) is 12.8. The van der Waals surface area contributed by atoms with Gasteiger partial charge in [0.15, 0.2) is 0 Å². The molecule has 0 saturated heterocycles. The van der Waals surface area contributed by atoms with Gasteiger partial charge < -0.3 is 10.1 Å². The van der Waals surface area contributed by atoms with Crippen LogP contribution in [0.3, 0.4) is 0 Å². The van der Waals surface area contributed by atoms with E-state index < -0.39 is 0 Å². The summed E-state index contributed by atoms with van der Waals surface area (Å²) in [7, 11) is 0. The molecule has 4 heteroatoms. The number of rotatable bonds is 6. The molecule has 3 nitrogen and oxygen atoms in total. The Labute approximate surface area is 136 Å². The molecule has 1 aromatic carbocycles. The normalized spacial score (nSPS) is 14.6. The summed E-state index contributed by atoms with van der Waals surface area (Å²) in [5, 5.41) is 3.94. The van der Waals surface area contributed by atoms with E-state index in [1.807, 2.05) is 12.1 Å². The van der Waals surface area contributed by atoms with Crippen LogP contribution < -0.4 is 10.1 Å². The predicted octanol–water partition coefficient (Wildman–Crippen LogP) is 3.95. The SMILES string of the molecule is CC(NCCOc1cccc(Cl)n1)c1ccc2c(c1)CCC2. The molecule has 1 aromatic heterocycles. The van der Waals surface area contributed by atoms with Crippen molar-refractivity contribution in [1.82, 2.24) is 10.3 Å². The van der Waals surface area contributed by atoms with Crippen LogP contribution in [0.2, 0.25) is 5.15 Å². The Morgan fingerprint density at radius 2 is 2.09 bits per heavy atom. The van der Waals surface area contributed by atoms with Crippen molar-refractivity contribution >= 4 is 11.6 Å². The molecular weight excluding hydrogens is 296 g/mol. The van der Waals surface area contributed by atoms with Crippen LogP contribution in [0.4, 0.5) is 0 Å². The zero-order valence-corrected chi connectivity index (χ0v) is 13.6. The first-order valence-corrected chi connectivity index (χ1v) is 8.20. The third kappa shape index (κ3) is 3.79. The van der Waals surface area contributed by atoms with Gasteiger partial charge in [-0.1, -0.05) is 35.9 Å². The van der Waals surface area contributed by atoms with E-state index in [4.69, 9.17) is 16.3 Å². The molecule has 0 radical (unpaired) electrons. The quantitative estimate of drug-likeness (QED) is 0.647. The van der Waals surface area contributed by atoms with Crippen molar-refractivity contribution < 1.29 is 4.74 Å². The van der Waals surface area contributed by atoms with E-state index in [9.17, 15) is 0 Å². The smallest absolute Gasteiger partial charge is 0.214 e. The molecule has 0 fully saturated rings. The summed E-state index contributed by atoms with van der Waals surface area (Å²) in [6.45, 7) is 3.53. The minimum atomic E-state index is 0.321. The number of hydrogen-bond acceptors (Lipinski definition) is 3. The standard InChI is InChI=1S/C18H21ClN2O/c1-13(15-9-8-14-4-2-5-16(14)12-15)20-10-11-22-18-7-3-6-17(19)21-18/h3,6-9,12-13,20H,2,4-5,10-11H2,1H3. The van der Waals surface area contributed by atoms with Gasteiger partial charge in [-0.2, -0.15) is 0 Å². The van der Waals surface area contributed by atoms with Crippen molar-refractivity contribution in [3.05, 3.63) is 58.2 Å². The first kappa shape index (κ1) is 15.3. The lowest BCUT2D eigenvalue weighted by Crippen LogP contribution is -2.24. The first-order valence-electron chi connectivity index (χ1n) is 7.83. The fourth-order valence-electron chi connectivity index (χ4n) is 2.88. The Morgan fingerprint density at radius 1 is 1.23 bits per heavy atom. The molecule has 1 aliphatic rings. The summed E-state index contributed by atoms with van der Waals surface area (Å²) >= 11 is 5.83. The Morgan fingerprint density at radius 3 is 2.95 bits per heavy atom. The second kappa shape index (κ2) is 7.12. The summed E-state index contributed by atoms with van der Waals surface area (Å²) < 4.78 is 5.59. The lowest BCUT2D eigenvalue weighted by atomic mass is 10.0. The van der Waals surface area contributed by atoms with Crippen molar-refractivity contribution in [2.75, 3.05) is 13.2 Å². The van der Waals surface area contributed by atoms with Gasteiger partial charge in [0.2, 0.25) is 5.88 Å². The average molecular weight is 317 g/mol. The van der Waals surface area contributed by atoms with E-state index in [2.05, 4.69) is 35.4 Å². The molecule has 0 saturated carbocycles. The molecule has 0 bridgehead atoms. The van der Waals surface area contributed by atoms with Crippen molar-refractivity contribution in [1.29, 1.82) is 0 Å². The first-order chi connectivity index (χ1) is 10.7. The Hall–Kier alpha value is -1.58. The van der Waals surface area contributed by atoms with E-state index in [1.54, 1.807) is 6.07 Å². The van der Waals surface area contributed by atoms with Crippen molar-refractivity contribution in [2.45, 2.75) is 32.2 Å². The van der Waals surface area contributed by atoms with E-state index in [0.717, 1.165) is 6.54 Å². The maximum absolute atomic E-state index is 5.83. The molecule has 2 aromatic rings. The summed E-state index contributed by atoms with van der Waals surface area (Å²) in [6, 6.07) is 12.6. The molecule has 116 valence electrons. The third-order valence-corrected chi connectivity index (χ3v) is 4.33. The largest absolute Gasteiger partial charge is 0.476 e. The molecule has 3 rings (SSSR count). The number of ether oxygens (including phenoxy) is 1. The average Bonchev–Trinajstić information content (AvgIpc) is 2.99. The Bertz CT molecular complexity index is 645. The molecule has 1 aliphatic carbocycles. The highest BCUT2D eigenvalue weighted by molar-refractivity contribution is 6.29. The van der Waals surface area contributed by atoms with Gasteiger partial charge in [-0.05, 0) is 48.9 Å². The van der Waals surface area contributed by atoms with Crippen LogP contribution >= 0.6 is 11.6 Å². The number of fused-ring (bicyclic) bond motifs is 1. The lowest BCUT2D eigenvalue weighted by molar-refractivity contribution is 0.296. The van der Waals surface area contributed by atoms with Crippen LogP contribution in [0.5, 0.6) is 5.88 Å². The lowest BCUT2D eigenvalue weighted by Gasteiger charge is -2.15. The minimum Gasteiger partial charge on any atom is -0.476 e. The molecular formula is C18H21ClN2O. The summed E-state index contributed by atoms with van der Waals surface area (Å²) in [4.78, 5) is 4.10. The number of nitrogens with one attached hydrogen (secondary N) is 1. The van der Waals surface area contributed by atoms with Gasteiger partial charge in [-0.15, -0.1) is 0 Å². The Kier molecular flexibility index (Phi) is 4.96. The zero-order chi connectivity index (χ0) is 15.4. The number of aromatic nitrogens is 1. The molecule has 1 unspecified atom stereocenters. The number of benzene rings is 1. The number of hydrogen-bond donors (Lipinski definition) is 1. The summed E-state index contributed by atoms with van der Waals surface area (Å²) in [6.07, 6.45) is 3.75. The number of halogens is 1. The van der Waals surface area contributed by atoms with Crippen LogP contribution in [-0.2, 0) is 12.8 Å². The van der Waals surface area contributed by atoms with E-state index in [-0.39, 0.29) is 0 Å². The molecule has 0 spiro atoms. The topological polar surface area (TPSA) is 34.1 Å². The monoisotopic (exact) mass is 316 g/mol. The number of aryl methyl sites for hydroxylation is 2. The summed E-state index contributed by atoms with van der Waals surface area (Å²) in [5.41, 5.74) is 4.39. The van der Waals surface area contributed by atoms with Crippen LogP contribution in [0, 0.1) is 0 Å². The van der Waals surface area contributed by atoms with Crippen LogP contribution in [0.25, 0.3) is 0 Å². The van der Waals surface area contributed by atoms with Crippen LogP contribution in [0.1, 0.15) is 36.1 Å². The van der Waals surface area contributed by atoms with Crippen LogP contribution in [-0.4, -0.2) is 18.1 Å². The molecule has 1 heterocycles. The molecule has 22 heavy (non-hydrogen) atoms. The molecule has 1 atom stereocenters. The van der Waals surface area contributed by atoms with E-state index >= 15 is 0 Å². The van der Waals surface area contributed by atoms with Gasteiger partial charge in [0.1, 0.15) is 11.8 Å². The maximum Gasteiger partial charge on any atom is 0.214 e. The van der Waals surface area contributed by atoms with E-state index in [0.29, 0.717) is 23.7 Å². The van der Waals surface area contributed by atoms with Gasteiger partial charge in [-0.3, -0.25) is 0 Å². The number of pyridine rings is 1. The molecule has 0 amide bonds. The van der Waals surface area contributed by atoms with Gasteiger partial charge in [0, 0.05) is 18.7 Å². The number of nitrogens with zero attached hydrogens (tertiary/aromatic N) is 1. The molecule has 1 N–H and O–H groups in total. The van der Waals surface area contributed by atoms with Crippen molar-refractivity contribution in [3.63, 3.8) is 0 Å². The fraction of sp³-hybridized carbons (Fsp3) is 0.389. The van der Waals surface area contributed by atoms with Crippen molar-refractivity contribution in [3.8, 4) is 5.88 Å². The van der Waals surface area contributed by atoms with Gasteiger partial charge >= 0.3 is 0 Å². The second-order valence-electron chi connectivity index (χ2n) is 5.70. The Balaban J connectivity index is 1.47.